The summed E-state index contributed by atoms with van der Waals surface area (Å²) in [6.07, 6.45) is 0. The normalized spacial score (nSPS) is 10.9. The van der Waals surface area contributed by atoms with E-state index in [0.717, 1.165) is 20.1 Å². The van der Waals surface area contributed by atoms with Gasteiger partial charge in [-0.1, -0.05) is 30.3 Å². The Balaban J connectivity index is 1.60. The minimum atomic E-state index is 0.123. The first-order valence-electron chi connectivity index (χ1n) is 7.40. The molecule has 23 heavy (non-hydrogen) atoms. The van der Waals surface area contributed by atoms with Gasteiger partial charge in [-0.15, -0.1) is 23.1 Å². The van der Waals surface area contributed by atoms with Gasteiger partial charge in [0.25, 0.3) is 0 Å². The zero-order chi connectivity index (χ0) is 16.2. The summed E-state index contributed by atoms with van der Waals surface area (Å²) in [6, 6.07) is 16.2. The van der Waals surface area contributed by atoms with Gasteiger partial charge < -0.3 is 4.90 Å². The van der Waals surface area contributed by atoms with Crippen molar-refractivity contribution in [2.45, 2.75) is 18.4 Å². The van der Waals surface area contributed by atoms with E-state index >= 15 is 0 Å². The number of aromatic nitrogens is 1. The van der Waals surface area contributed by atoms with Crippen LogP contribution in [0, 0.1) is 6.92 Å². The summed E-state index contributed by atoms with van der Waals surface area (Å²) in [4.78, 5) is 19.8. The molecule has 1 heterocycles. The SMILES string of the molecule is Cc1ccccc1SCC(=O)N(C)Cc1nc2ccccc2s1. The van der Waals surface area contributed by atoms with E-state index in [4.69, 9.17) is 0 Å². The maximum absolute atomic E-state index is 12.3. The highest BCUT2D eigenvalue weighted by Crippen LogP contribution is 2.24. The standard InChI is InChI=1S/C18H18N2OS2/c1-13-7-3-5-9-15(13)22-12-18(21)20(2)11-17-19-14-8-4-6-10-16(14)23-17/h3-10H,11-12H2,1-2H3. The average molecular weight is 342 g/mol. The second-order valence-corrected chi connectivity index (χ2v) is 7.51. The van der Waals surface area contributed by atoms with Crippen molar-refractivity contribution in [2.24, 2.45) is 0 Å². The molecule has 0 aliphatic carbocycles. The first kappa shape index (κ1) is 16.0. The fourth-order valence-corrected chi connectivity index (χ4v) is 4.24. The third kappa shape index (κ3) is 3.92. The summed E-state index contributed by atoms with van der Waals surface area (Å²) in [5, 5.41) is 0.975. The van der Waals surface area contributed by atoms with Crippen LogP contribution < -0.4 is 0 Å². The Labute approximate surface area is 144 Å². The highest BCUT2D eigenvalue weighted by Gasteiger charge is 2.13. The molecule has 0 saturated carbocycles. The first-order valence-corrected chi connectivity index (χ1v) is 9.20. The molecular weight excluding hydrogens is 324 g/mol. The maximum Gasteiger partial charge on any atom is 0.233 e. The number of benzene rings is 2. The van der Waals surface area contributed by atoms with Crippen LogP contribution in [0.2, 0.25) is 0 Å². The molecule has 1 amide bonds. The van der Waals surface area contributed by atoms with Crippen LogP contribution in [0.15, 0.2) is 53.4 Å². The number of carbonyl (C=O) groups excluding carboxylic acids is 1. The molecule has 0 atom stereocenters. The van der Waals surface area contributed by atoms with Gasteiger partial charge in [-0.2, -0.15) is 0 Å². The van der Waals surface area contributed by atoms with E-state index < -0.39 is 0 Å². The van der Waals surface area contributed by atoms with Gasteiger partial charge in [0.2, 0.25) is 5.91 Å². The second kappa shape index (κ2) is 7.15. The first-order chi connectivity index (χ1) is 11.1. The molecule has 0 saturated heterocycles. The van der Waals surface area contributed by atoms with Crippen LogP contribution >= 0.6 is 23.1 Å². The minimum absolute atomic E-state index is 0.123. The van der Waals surface area contributed by atoms with E-state index in [1.165, 1.54) is 5.56 Å². The molecular formula is C18H18N2OS2. The molecule has 0 spiro atoms. The average Bonchev–Trinajstić information content (AvgIpc) is 2.96. The molecule has 0 fully saturated rings. The van der Waals surface area contributed by atoms with Gasteiger partial charge in [0.1, 0.15) is 5.01 Å². The van der Waals surface area contributed by atoms with Crippen LogP contribution in [0.1, 0.15) is 10.6 Å². The molecule has 0 N–H and O–H groups in total. The molecule has 2 aromatic carbocycles. The molecule has 3 nitrogen and oxygen atoms in total. The van der Waals surface area contributed by atoms with Crippen LogP contribution in [-0.2, 0) is 11.3 Å². The second-order valence-electron chi connectivity index (χ2n) is 5.38. The smallest absolute Gasteiger partial charge is 0.233 e. The Morgan fingerprint density at radius 1 is 1.17 bits per heavy atom. The zero-order valence-electron chi connectivity index (χ0n) is 13.2. The number of carbonyl (C=O) groups is 1. The van der Waals surface area contributed by atoms with Crippen LogP contribution in [0.25, 0.3) is 10.2 Å². The van der Waals surface area contributed by atoms with Gasteiger partial charge in [-0.25, -0.2) is 4.98 Å². The Morgan fingerprint density at radius 3 is 2.70 bits per heavy atom. The lowest BCUT2D eigenvalue weighted by Gasteiger charge is -2.15. The Morgan fingerprint density at radius 2 is 1.91 bits per heavy atom. The van der Waals surface area contributed by atoms with Gasteiger partial charge in [0, 0.05) is 11.9 Å². The van der Waals surface area contributed by atoms with Gasteiger partial charge in [0.15, 0.2) is 0 Å². The summed E-state index contributed by atoms with van der Waals surface area (Å²) < 4.78 is 1.16. The van der Waals surface area contributed by atoms with Crippen molar-refractivity contribution in [3.8, 4) is 0 Å². The van der Waals surface area contributed by atoms with Crippen LogP contribution in [-0.4, -0.2) is 28.6 Å². The lowest BCUT2D eigenvalue weighted by molar-refractivity contribution is -0.127. The summed E-state index contributed by atoms with van der Waals surface area (Å²) in [7, 11) is 1.84. The topological polar surface area (TPSA) is 33.2 Å². The largest absolute Gasteiger partial charge is 0.338 e. The predicted octanol–water partition coefficient (Wildman–Crippen LogP) is 4.36. The summed E-state index contributed by atoms with van der Waals surface area (Å²) in [6.45, 7) is 2.63. The number of hydrogen-bond donors (Lipinski definition) is 0. The fourth-order valence-electron chi connectivity index (χ4n) is 2.25. The number of aryl methyl sites for hydroxylation is 1. The summed E-state index contributed by atoms with van der Waals surface area (Å²) in [5.74, 6) is 0.573. The number of thiazole rings is 1. The van der Waals surface area contributed by atoms with Crippen molar-refractivity contribution >= 4 is 39.2 Å². The number of nitrogens with zero attached hydrogens (tertiary/aromatic N) is 2. The monoisotopic (exact) mass is 342 g/mol. The quantitative estimate of drug-likeness (QED) is 0.646. The molecule has 0 radical (unpaired) electrons. The molecule has 3 aromatic rings. The van der Waals surface area contributed by atoms with Crippen LogP contribution in [0.3, 0.4) is 0 Å². The van der Waals surface area contributed by atoms with Crippen molar-refractivity contribution in [1.82, 2.24) is 9.88 Å². The molecule has 0 aliphatic heterocycles. The molecule has 0 unspecified atom stereocenters. The number of para-hydroxylation sites is 1. The fraction of sp³-hybridized carbons (Fsp3) is 0.222. The van der Waals surface area contributed by atoms with Crippen molar-refractivity contribution in [1.29, 1.82) is 0 Å². The van der Waals surface area contributed by atoms with Crippen LogP contribution in [0.5, 0.6) is 0 Å². The molecule has 0 bridgehead atoms. The third-order valence-corrected chi connectivity index (χ3v) is 5.76. The molecule has 118 valence electrons. The molecule has 3 rings (SSSR count). The third-order valence-electron chi connectivity index (χ3n) is 3.58. The Bertz CT molecular complexity index is 796. The van der Waals surface area contributed by atoms with E-state index in [0.29, 0.717) is 12.3 Å². The zero-order valence-corrected chi connectivity index (χ0v) is 14.8. The minimum Gasteiger partial charge on any atom is -0.338 e. The van der Waals surface area contributed by atoms with E-state index in [1.54, 1.807) is 28.0 Å². The number of hydrogen-bond acceptors (Lipinski definition) is 4. The van der Waals surface area contributed by atoms with Crippen molar-refractivity contribution < 1.29 is 4.79 Å². The van der Waals surface area contributed by atoms with Crippen molar-refractivity contribution in [2.75, 3.05) is 12.8 Å². The maximum atomic E-state index is 12.3. The predicted molar refractivity (Wildman–Crippen MR) is 98.0 cm³/mol. The summed E-state index contributed by atoms with van der Waals surface area (Å²) in [5.41, 5.74) is 2.21. The highest BCUT2D eigenvalue weighted by atomic mass is 32.2. The number of rotatable bonds is 5. The Kier molecular flexibility index (Phi) is 4.98. The number of amides is 1. The lowest BCUT2D eigenvalue weighted by atomic mass is 10.2. The van der Waals surface area contributed by atoms with E-state index in [1.807, 2.05) is 37.4 Å². The lowest BCUT2D eigenvalue weighted by Crippen LogP contribution is -2.27. The van der Waals surface area contributed by atoms with Crippen molar-refractivity contribution in [3.63, 3.8) is 0 Å². The molecule has 5 heteroatoms. The highest BCUT2D eigenvalue weighted by molar-refractivity contribution is 8.00. The van der Waals surface area contributed by atoms with Gasteiger partial charge in [-0.05, 0) is 30.7 Å². The summed E-state index contributed by atoms with van der Waals surface area (Å²) >= 11 is 3.24. The van der Waals surface area contributed by atoms with Gasteiger partial charge >= 0.3 is 0 Å². The van der Waals surface area contributed by atoms with E-state index in [-0.39, 0.29) is 5.91 Å². The van der Waals surface area contributed by atoms with Gasteiger partial charge in [0.05, 0.1) is 22.5 Å². The van der Waals surface area contributed by atoms with Gasteiger partial charge in [-0.3, -0.25) is 4.79 Å². The molecule has 0 aliphatic rings. The molecule has 1 aromatic heterocycles. The van der Waals surface area contributed by atoms with Crippen LogP contribution in [0.4, 0.5) is 0 Å². The number of fused-ring (bicyclic) bond motifs is 1. The van der Waals surface area contributed by atoms with Crippen molar-refractivity contribution in [3.05, 3.63) is 59.1 Å². The Hall–Kier alpha value is -1.85. The van der Waals surface area contributed by atoms with E-state index in [2.05, 4.69) is 30.1 Å². The number of thioether (sulfide) groups is 1. The van der Waals surface area contributed by atoms with E-state index in [9.17, 15) is 4.79 Å².